The number of hydrogen-bond donors (Lipinski definition) is 4. The molecule has 0 aliphatic carbocycles. The Morgan fingerprint density at radius 2 is 1.77 bits per heavy atom. The van der Waals surface area contributed by atoms with E-state index in [1.807, 2.05) is 44.2 Å². The van der Waals surface area contributed by atoms with Gasteiger partial charge in [0.15, 0.2) is 0 Å². The molecule has 0 radical (unpaired) electrons. The van der Waals surface area contributed by atoms with Crippen LogP contribution in [0.25, 0.3) is 11.1 Å². The third-order valence-corrected chi connectivity index (χ3v) is 5.71. The Labute approximate surface area is 181 Å². The van der Waals surface area contributed by atoms with Crippen LogP contribution < -0.4 is 20.3 Å². The number of ether oxygens (including phenoxy) is 1. The third-order valence-electron chi connectivity index (χ3n) is 4.24. The van der Waals surface area contributed by atoms with Gasteiger partial charge in [-0.15, -0.1) is 0 Å². The zero-order valence-electron chi connectivity index (χ0n) is 17.6. The first-order valence-corrected chi connectivity index (χ1v) is 11.2. The minimum absolute atomic E-state index is 0.0462. The largest absolute Gasteiger partial charge is 0.490 e. The van der Waals surface area contributed by atoms with Crippen molar-refractivity contribution in [1.82, 2.24) is 15.5 Å². The number of amides is 2. The molecule has 0 fully saturated rings. The first kappa shape index (κ1) is 24.3. The zero-order valence-corrected chi connectivity index (χ0v) is 18.4. The van der Waals surface area contributed by atoms with Crippen molar-refractivity contribution in [2.75, 3.05) is 6.54 Å². The lowest BCUT2D eigenvalue weighted by atomic mass is 10.0. The summed E-state index contributed by atoms with van der Waals surface area (Å²) in [5.41, 5.74) is 3.03. The summed E-state index contributed by atoms with van der Waals surface area (Å²) >= 11 is 0. The van der Waals surface area contributed by atoms with Crippen LogP contribution in [0.5, 0.6) is 5.75 Å². The van der Waals surface area contributed by atoms with Crippen LogP contribution in [0.4, 0.5) is 0 Å². The zero-order chi connectivity index (χ0) is 23.0. The summed E-state index contributed by atoms with van der Waals surface area (Å²) in [7, 11) is -4.14. The van der Waals surface area contributed by atoms with Crippen LogP contribution >= 0.6 is 0 Å². The average Bonchev–Trinajstić information content (AvgIpc) is 2.72. The summed E-state index contributed by atoms with van der Waals surface area (Å²) < 4.78 is 34.0. The van der Waals surface area contributed by atoms with Crippen molar-refractivity contribution in [3.63, 3.8) is 0 Å². The first-order chi connectivity index (χ1) is 14.6. The maximum absolute atomic E-state index is 12.9. The highest BCUT2D eigenvalue weighted by Gasteiger charge is 2.26. The van der Waals surface area contributed by atoms with Crippen molar-refractivity contribution in [2.45, 2.75) is 44.2 Å². The maximum atomic E-state index is 12.9. The summed E-state index contributed by atoms with van der Waals surface area (Å²) in [6.45, 7) is 5.01. The molecule has 9 nitrogen and oxygen atoms in total. The van der Waals surface area contributed by atoms with Gasteiger partial charge in [0.2, 0.25) is 15.9 Å². The Morgan fingerprint density at radius 1 is 1.10 bits per heavy atom. The molecule has 168 valence electrons. The van der Waals surface area contributed by atoms with Crippen molar-refractivity contribution in [1.29, 1.82) is 0 Å². The molecule has 1 atom stereocenters. The third kappa shape index (κ3) is 7.06. The van der Waals surface area contributed by atoms with Crippen LogP contribution in [0.15, 0.2) is 53.4 Å². The van der Waals surface area contributed by atoms with Crippen molar-refractivity contribution >= 4 is 21.8 Å². The Kier molecular flexibility index (Phi) is 8.55. The van der Waals surface area contributed by atoms with Crippen LogP contribution in [-0.4, -0.2) is 44.1 Å². The summed E-state index contributed by atoms with van der Waals surface area (Å²) in [4.78, 5) is 22.9. The number of benzene rings is 2. The Balaban J connectivity index is 2.35. The van der Waals surface area contributed by atoms with Gasteiger partial charge in [-0.05, 0) is 38.0 Å². The lowest BCUT2D eigenvalue weighted by molar-refractivity contribution is -0.131. The molecule has 0 heterocycles. The van der Waals surface area contributed by atoms with Crippen molar-refractivity contribution in [3.8, 4) is 16.9 Å². The topological polar surface area (TPSA) is 134 Å². The monoisotopic (exact) mass is 449 g/mol. The molecular weight excluding hydrogens is 422 g/mol. The van der Waals surface area contributed by atoms with E-state index in [1.54, 1.807) is 6.07 Å². The van der Waals surface area contributed by atoms with Crippen molar-refractivity contribution in [2.24, 2.45) is 0 Å². The number of hydrogen-bond acceptors (Lipinski definition) is 6. The van der Waals surface area contributed by atoms with E-state index >= 15 is 0 Å². The van der Waals surface area contributed by atoms with Crippen LogP contribution in [-0.2, 0) is 19.6 Å². The maximum Gasteiger partial charge on any atom is 0.261 e. The van der Waals surface area contributed by atoms with Gasteiger partial charge in [-0.2, -0.15) is 4.72 Å². The molecule has 10 heteroatoms. The summed E-state index contributed by atoms with van der Waals surface area (Å²) in [5.74, 6) is -0.878. The molecule has 4 N–H and O–H groups in total. The fourth-order valence-electron chi connectivity index (χ4n) is 2.85. The molecule has 0 spiro atoms. The number of sulfonamides is 1. The molecule has 0 aliphatic heterocycles. The molecule has 0 aromatic heterocycles. The van der Waals surface area contributed by atoms with E-state index in [0.717, 1.165) is 11.1 Å². The van der Waals surface area contributed by atoms with E-state index in [2.05, 4.69) is 10.0 Å². The van der Waals surface area contributed by atoms with Gasteiger partial charge in [0, 0.05) is 25.1 Å². The lowest BCUT2D eigenvalue weighted by Gasteiger charge is -2.19. The van der Waals surface area contributed by atoms with Gasteiger partial charge in [-0.25, -0.2) is 13.9 Å². The van der Waals surface area contributed by atoms with Crippen LogP contribution in [0, 0.1) is 0 Å². The molecular formula is C21H27N3O6S. The lowest BCUT2D eigenvalue weighted by Crippen LogP contribution is -2.47. The fraction of sp³-hybridized carbons (Fsp3) is 0.333. The predicted molar refractivity (Wildman–Crippen MR) is 115 cm³/mol. The average molecular weight is 450 g/mol. The van der Waals surface area contributed by atoms with E-state index in [4.69, 9.17) is 9.94 Å². The summed E-state index contributed by atoms with van der Waals surface area (Å²) in [6.07, 6.45) is -0.248. The molecule has 2 aromatic carbocycles. The molecule has 2 rings (SSSR count). The van der Waals surface area contributed by atoms with Crippen LogP contribution in [0.2, 0.25) is 0 Å². The Bertz CT molecular complexity index is 1010. The number of nitrogens with one attached hydrogen (secondary N) is 3. The van der Waals surface area contributed by atoms with Crippen LogP contribution in [0.3, 0.4) is 0 Å². The number of rotatable bonds is 10. The second-order valence-corrected chi connectivity index (χ2v) is 8.83. The molecule has 2 amide bonds. The van der Waals surface area contributed by atoms with Crippen molar-refractivity contribution < 1.29 is 28.0 Å². The molecule has 2 aromatic rings. The van der Waals surface area contributed by atoms with Gasteiger partial charge < -0.3 is 10.1 Å². The second-order valence-electron chi connectivity index (χ2n) is 7.11. The molecule has 0 bridgehead atoms. The van der Waals surface area contributed by atoms with Gasteiger partial charge in [0.05, 0.1) is 11.0 Å². The number of carbonyl (C=O) groups excluding carboxylic acids is 2. The quantitative estimate of drug-likeness (QED) is 0.323. The van der Waals surface area contributed by atoms with E-state index < -0.39 is 22.0 Å². The summed E-state index contributed by atoms with van der Waals surface area (Å²) in [6, 6.07) is 12.6. The second kappa shape index (κ2) is 10.9. The molecule has 0 saturated heterocycles. The first-order valence-electron chi connectivity index (χ1n) is 9.71. The Hall–Kier alpha value is -2.95. The molecule has 31 heavy (non-hydrogen) atoms. The van der Waals surface area contributed by atoms with Gasteiger partial charge >= 0.3 is 0 Å². The van der Waals surface area contributed by atoms with Gasteiger partial charge in [-0.1, -0.05) is 30.3 Å². The number of carbonyl (C=O) groups is 2. The van der Waals surface area contributed by atoms with E-state index in [0.29, 0.717) is 5.75 Å². The fourth-order valence-corrected chi connectivity index (χ4v) is 4.09. The smallest absolute Gasteiger partial charge is 0.261 e. The van der Waals surface area contributed by atoms with Crippen molar-refractivity contribution in [3.05, 3.63) is 48.5 Å². The van der Waals surface area contributed by atoms with E-state index in [-0.39, 0.29) is 29.9 Å². The standard InChI is InChI=1S/C21H27N3O6S/c1-14(2)30-20-13-17(9-10-18(20)16-7-5-4-6-8-16)31(28,29)24-19(21(26)23-27)11-12-22-15(3)25/h4-10,13-14,19,24,27H,11-12H2,1-3H3,(H,22,25)(H,23,26)/t19-/m1/s1. The molecule has 0 aliphatic rings. The van der Waals surface area contributed by atoms with Gasteiger partial charge in [0.25, 0.3) is 5.91 Å². The van der Waals surface area contributed by atoms with E-state index in [1.165, 1.54) is 24.5 Å². The highest BCUT2D eigenvalue weighted by molar-refractivity contribution is 7.89. The van der Waals surface area contributed by atoms with Gasteiger partial charge in [0.1, 0.15) is 11.8 Å². The normalized spacial score (nSPS) is 12.3. The summed E-state index contributed by atoms with van der Waals surface area (Å²) in [5, 5.41) is 11.4. The Morgan fingerprint density at radius 3 is 2.35 bits per heavy atom. The minimum Gasteiger partial charge on any atom is -0.490 e. The van der Waals surface area contributed by atoms with Gasteiger partial charge in [-0.3, -0.25) is 14.8 Å². The highest BCUT2D eigenvalue weighted by atomic mass is 32.2. The predicted octanol–water partition coefficient (Wildman–Crippen LogP) is 1.82. The SMILES string of the molecule is CC(=O)NCC[C@@H](NS(=O)(=O)c1ccc(-c2ccccc2)c(OC(C)C)c1)C(=O)NO. The number of hydroxylamine groups is 1. The van der Waals surface area contributed by atoms with Crippen LogP contribution in [0.1, 0.15) is 27.2 Å². The molecule has 0 saturated carbocycles. The van der Waals surface area contributed by atoms with E-state index in [9.17, 15) is 18.0 Å². The minimum atomic E-state index is -4.14. The highest BCUT2D eigenvalue weighted by Crippen LogP contribution is 2.33. The molecule has 0 unspecified atom stereocenters.